The van der Waals surface area contributed by atoms with Crippen LogP contribution in [-0.4, -0.2) is 68.0 Å². The molecule has 2 aromatic rings. The van der Waals surface area contributed by atoms with Gasteiger partial charge in [-0.3, -0.25) is 14.3 Å². The van der Waals surface area contributed by atoms with Gasteiger partial charge in [-0.1, -0.05) is 12.8 Å². The molecule has 1 amide bonds. The molecule has 0 bridgehead atoms. The van der Waals surface area contributed by atoms with Crippen molar-refractivity contribution in [2.45, 2.75) is 51.2 Å². The van der Waals surface area contributed by atoms with Gasteiger partial charge in [0.2, 0.25) is 0 Å². The Morgan fingerprint density at radius 1 is 1.24 bits per heavy atom. The third-order valence-corrected chi connectivity index (χ3v) is 6.74. The summed E-state index contributed by atoms with van der Waals surface area (Å²) in [6.45, 7) is 0.922. The van der Waals surface area contributed by atoms with E-state index in [4.69, 9.17) is 4.74 Å². The maximum Gasteiger partial charge on any atom is 0.410 e. The molecule has 2 aliphatic rings. The number of aliphatic carboxylic acids is 1. The number of hydrogen-bond acceptors (Lipinski definition) is 7. The van der Waals surface area contributed by atoms with E-state index in [9.17, 15) is 19.5 Å². The Hall–Kier alpha value is -3.37. The number of ether oxygens (including phenoxy) is 1. The number of carbonyl (C=O) groups is 2. The molecule has 1 saturated heterocycles. The molecule has 0 spiro atoms. The summed E-state index contributed by atoms with van der Waals surface area (Å²) in [5, 5.41) is 13.5. The first-order valence-corrected chi connectivity index (χ1v) is 11.3. The van der Waals surface area contributed by atoms with E-state index in [0.717, 1.165) is 25.7 Å². The predicted octanol–water partition coefficient (Wildman–Crippen LogP) is 1.98. The van der Waals surface area contributed by atoms with E-state index in [1.807, 2.05) is 4.90 Å². The molecule has 1 aliphatic heterocycles. The van der Waals surface area contributed by atoms with Crippen LogP contribution in [0.3, 0.4) is 0 Å². The fourth-order valence-electron chi connectivity index (χ4n) is 4.61. The molecule has 0 atom stereocenters. The van der Waals surface area contributed by atoms with Crippen molar-refractivity contribution in [1.29, 1.82) is 0 Å². The van der Waals surface area contributed by atoms with Gasteiger partial charge in [-0.2, -0.15) is 5.10 Å². The molecule has 11 heteroatoms. The molecule has 3 heterocycles. The lowest BCUT2D eigenvalue weighted by molar-refractivity contribution is -0.142. The van der Waals surface area contributed by atoms with E-state index in [0.29, 0.717) is 42.9 Å². The second-order valence-electron chi connectivity index (χ2n) is 8.77. The number of piperidine rings is 1. The number of aromatic amines is 1. The summed E-state index contributed by atoms with van der Waals surface area (Å²) < 4.78 is 7.20. The van der Waals surface area contributed by atoms with Crippen LogP contribution in [0.15, 0.2) is 17.2 Å². The highest BCUT2D eigenvalue weighted by Gasteiger charge is 2.28. The standard InChI is InChI=1S/C22H30N6O5/c1-26(15-5-3-4-6-15)22(32)33-13-18-16(11-24-27(18)2)17-12-23-20(29)19(25-17)28-9-7-14(8-10-28)21(30)31/h11-12,14-15H,3-10,13H2,1-2H3,(H,23,29)(H,30,31). The zero-order valence-electron chi connectivity index (χ0n) is 19.0. The number of aromatic nitrogens is 4. The number of amides is 1. The highest BCUT2D eigenvalue weighted by atomic mass is 16.6. The molecule has 1 saturated carbocycles. The highest BCUT2D eigenvalue weighted by molar-refractivity contribution is 5.70. The number of hydrogen-bond donors (Lipinski definition) is 2. The van der Waals surface area contributed by atoms with Gasteiger partial charge < -0.3 is 24.6 Å². The van der Waals surface area contributed by atoms with Crippen LogP contribution in [0.2, 0.25) is 0 Å². The van der Waals surface area contributed by atoms with Crippen molar-refractivity contribution in [2.75, 3.05) is 25.0 Å². The first-order valence-electron chi connectivity index (χ1n) is 11.3. The number of anilines is 1. The number of carboxylic acid groups (broad SMARTS) is 1. The number of carboxylic acids is 1. The van der Waals surface area contributed by atoms with Crippen LogP contribution in [-0.2, 0) is 23.2 Å². The molecule has 0 radical (unpaired) electrons. The monoisotopic (exact) mass is 458 g/mol. The first-order chi connectivity index (χ1) is 15.8. The van der Waals surface area contributed by atoms with E-state index in [-0.39, 0.29) is 30.1 Å². The van der Waals surface area contributed by atoms with Crippen LogP contribution < -0.4 is 10.5 Å². The minimum absolute atomic E-state index is 0.0296. The minimum atomic E-state index is -0.807. The second kappa shape index (κ2) is 9.63. The SMILES string of the molecule is CN(C(=O)OCc1c(-c2c[nH]c(=O)c(N3CCC(C(=O)O)CC3)n2)cnn1C)C1CCCC1. The number of aryl methyl sites for hydroxylation is 1. The Balaban J connectivity index is 1.50. The number of rotatable bonds is 6. The van der Waals surface area contributed by atoms with E-state index in [1.54, 1.807) is 29.9 Å². The minimum Gasteiger partial charge on any atom is -0.481 e. The van der Waals surface area contributed by atoms with E-state index in [2.05, 4.69) is 15.1 Å². The van der Waals surface area contributed by atoms with Gasteiger partial charge in [0.15, 0.2) is 5.82 Å². The van der Waals surface area contributed by atoms with Crippen molar-refractivity contribution in [3.05, 3.63) is 28.4 Å². The molecule has 0 aromatic carbocycles. The van der Waals surface area contributed by atoms with E-state index < -0.39 is 11.9 Å². The quantitative estimate of drug-likeness (QED) is 0.671. The maximum atomic E-state index is 12.5. The Morgan fingerprint density at radius 2 is 1.94 bits per heavy atom. The summed E-state index contributed by atoms with van der Waals surface area (Å²) in [4.78, 5) is 47.0. The summed E-state index contributed by atoms with van der Waals surface area (Å²) in [7, 11) is 3.53. The second-order valence-corrected chi connectivity index (χ2v) is 8.77. The Labute approximate surface area is 191 Å². The molecule has 1 aliphatic carbocycles. The third kappa shape index (κ3) is 4.86. The molecular weight excluding hydrogens is 428 g/mol. The zero-order valence-corrected chi connectivity index (χ0v) is 19.0. The van der Waals surface area contributed by atoms with Gasteiger partial charge in [-0.25, -0.2) is 9.78 Å². The van der Waals surface area contributed by atoms with Gasteiger partial charge in [0.1, 0.15) is 6.61 Å². The predicted molar refractivity (Wildman–Crippen MR) is 120 cm³/mol. The Morgan fingerprint density at radius 3 is 2.61 bits per heavy atom. The third-order valence-electron chi connectivity index (χ3n) is 6.74. The van der Waals surface area contributed by atoms with Gasteiger partial charge in [0, 0.05) is 45.0 Å². The van der Waals surface area contributed by atoms with Crippen molar-refractivity contribution in [2.24, 2.45) is 13.0 Å². The maximum absolute atomic E-state index is 12.5. The first kappa shape index (κ1) is 22.8. The van der Waals surface area contributed by atoms with Gasteiger partial charge in [-0.05, 0) is 25.7 Å². The average molecular weight is 459 g/mol. The number of H-pyrrole nitrogens is 1. The summed E-state index contributed by atoms with van der Waals surface area (Å²) >= 11 is 0. The molecule has 4 rings (SSSR count). The summed E-state index contributed by atoms with van der Waals surface area (Å²) in [6, 6.07) is 0.220. The van der Waals surface area contributed by atoms with Crippen molar-refractivity contribution in [3.63, 3.8) is 0 Å². The van der Waals surface area contributed by atoms with Crippen molar-refractivity contribution in [1.82, 2.24) is 24.6 Å². The van der Waals surface area contributed by atoms with Crippen molar-refractivity contribution < 1.29 is 19.4 Å². The molecule has 178 valence electrons. The molecule has 0 unspecified atom stereocenters. The van der Waals surface area contributed by atoms with Crippen LogP contribution in [0.25, 0.3) is 11.3 Å². The van der Waals surface area contributed by atoms with Crippen LogP contribution in [0.5, 0.6) is 0 Å². The van der Waals surface area contributed by atoms with Crippen LogP contribution in [0, 0.1) is 5.92 Å². The van der Waals surface area contributed by atoms with Gasteiger partial charge >= 0.3 is 12.1 Å². The smallest absolute Gasteiger partial charge is 0.410 e. The lowest BCUT2D eigenvalue weighted by atomic mass is 9.97. The van der Waals surface area contributed by atoms with Crippen molar-refractivity contribution >= 4 is 17.9 Å². The normalized spacial score (nSPS) is 17.3. The van der Waals surface area contributed by atoms with E-state index in [1.165, 1.54) is 6.20 Å². The zero-order chi connectivity index (χ0) is 23.5. The largest absolute Gasteiger partial charge is 0.481 e. The van der Waals surface area contributed by atoms with Gasteiger partial charge in [0.25, 0.3) is 5.56 Å². The summed E-state index contributed by atoms with van der Waals surface area (Å²) in [5.74, 6) is -0.951. The molecule has 2 fully saturated rings. The summed E-state index contributed by atoms with van der Waals surface area (Å²) in [6.07, 6.45) is 7.95. The summed E-state index contributed by atoms with van der Waals surface area (Å²) in [5.41, 5.74) is 1.50. The Bertz CT molecular complexity index is 1070. The lowest BCUT2D eigenvalue weighted by Crippen LogP contribution is -2.39. The molecular formula is C22H30N6O5. The van der Waals surface area contributed by atoms with E-state index >= 15 is 0 Å². The fourth-order valence-corrected chi connectivity index (χ4v) is 4.61. The topological polar surface area (TPSA) is 134 Å². The lowest BCUT2D eigenvalue weighted by Gasteiger charge is -2.30. The number of carbonyl (C=O) groups excluding carboxylic acids is 1. The highest BCUT2D eigenvalue weighted by Crippen LogP contribution is 2.26. The molecule has 2 aromatic heterocycles. The van der Waals surface area contributed by atoms with Gasteiger partial charge in [0.05, 0.1) is 23.5 Å². The van der Waals surface area contributed by atoms with Crippen molar-refractivity contribution in [3.8, 4) is 11.3 Å². The van der Waals surface area contributed by atoms with Crippen LogP contribution in [0.1, 0.15) is 44.2 Å². The fraction of sp³-hybridized carbons (Fsp3) is 0.591. The average Bonchev–Trinajstić information content (AvgIpc) is 3.47. The molecule has 2 N–H and O–H groups in total. The van der Waals surface area contributed by atoms with Crippen LogP contribution in [0.4, 0.5) is 10.6 Å². The van der Waals surface area contributed by atoms with Crippen LogP contribution >= 0.6 is 0 Å². The van der Waals surface area contributed by atoms with Gasteiger partial charge in [-0.15, -0.1) is 0 Å². The number of nitrogens with one attached hydrogen (secondary N) is 1. The Kier molecular flexibility index (Phi) is 6.66. The molecule has 33 heavy (non-hydrogen) atoms. The molecule has 11 nitrogen and oxygen atoms in total. The number of nitrogens with zero attached hydrogens (tertiary/aromatic N) is 5.